The first-order valence-electron chi connectivity index (χ1n) is 5.45. The highest BCUT2D eigenvalue weighted by Crippen LogP contribution is 2.10. The van der Waals surface area contributed by atoms with E-state index < -0.39 is 0 Å². The number of hydrogen-bond acceptors (Lipinski definition) is 6. The molecule has 1 heterocycles. The molecule has 0 bridgehead atoms. The van der Waals surface area contributed by atoms with Crippen LogP contribution in [0.4, 0.5) is 0 Å². The number of nitrogens with one attached hydrogen (secondary N) is 1. The molecule has 92 valence electrons. The summed E-state index contributed by atoms with van der Waals surface area (Å²) in [5.74, 6) is 0. The molecule has 0 aliphatic rings. The van der Waals surface area contributed by atoms with Gasteiger partial charge in [0.2, 0.25) is 0 Å². The zero-order chi connectivity index (χ0) is 11.6. The van der Waals surface area contributed by atoms with Crippen molar-refractivity contribution in [2.75, 3.05) is 26.9 Å². The van der Waals surface area contributed by atoms with E-state index in [0.717, 1.165) is 29.5 Å². The number of ether oxygens (including phenoxy) is 2. The summed E-state index contributed by atoms with van der Waals surface area (Å²) in [6.07, 6.45) is 1.13. The summed E-state index contributed by atoms with van der Waals surface area (Å²) in [4.78, 5) is 0. The molecule has 1 N–H and O–H groups in total. The second kappa shape index (κ2) is 8.58. The van der Waals surface area contributed by atoms with Gasteiger partial charge in [0, 0.05) is 13.7 Å². The molecular formula is C10H19N3O2S. The summed E-state index contributed by atoms with van der Waals surface area (Å²) in [6, 6.07) is 0. The normalized spacial score (nSPS) is 10.9. The van der Waals surface area contributed by atoms with Gasteiger partial charge in [-0.05, 0) is 13.0 Å². The maximum absolute atomic E-state index is 5.36. The van der Waals surface area contributed by atoms with Gasteiger partial charge < -0.3 is 14.8 Å². The van der Waals surface area contributed by atoms with Crippen LogP contribution in [0, 0.1) is 0 Å². The maximum atomic E-state index is 5.36. The van der Waals surface area contributed by atoms with Gasteiger partial charge in [0.1, 0.15) is 16.6 Å². The van der Waals surface area contributed by atoms with Crippen molar-refractivity contribution in [1.29, 1.82) is 0 Å². The van der Waals surface area contributed by atoms with Gasteiger partial charge in [0.05, 0.1) is 13.2 Å². The fraction of sp³-hybridized carbons (Fsp3) is 0.800. The highest BCUT2D eigenvalue weighted by molar-refractivity contribution is 7.11. The van der Waals surface area contributed by atoms with Crippen LogP contribution < -0.4 is 5.32 Å². The molecule has 0 fully saturated rings. The summed E-state index contributed by atoms with van der Waals surface area (Å²) in [6.45, 7) is 5.68. The Morgan fingerprint density at radius 2 is 2.06 bits per heavy atom. The zero-order valence-corrected chi connectivity index (χ0v) is 10.7. The average molecular weight is 245 g/mol. The topological polar surface area (TPSA) is 56.3 Å². The lowest BCUT2D eigenvalue weighted by molar-refractivity contribution is 0.0613. The lowest BCUT2D eigenvalue weighted by Crippen LogP contribution is -2.13. The lowest BCUT2D eigenvalue weighted by Gasteiger charge is -1.99. The van der Waals surface area contributed by atoms with Crippen molar-refractivity contribution in [3.05, 3.63) is 10.0 Å². The van der Waals surface area contributed by atoms with E-state index >= 15 is 0 Å². The summed E-state index contributed by atoms with van der Waals surface area (Å²) < 4.78 is 10.2. The fourth-order valence-corrected chi connectivity index (χ4v) is 1.84. The van der Waals surface area contributed by atoms with Crippen molar-refractivity contribution >= 4 is 11.3 Å². The molecular weight excluding hydrogens is 226 g/mol. The Balaban J connectivity index is 2.17. The van der Waals surface area contributed by atoms with Crippen molar-refractivity contribution in [3.8, 4) is 0 Å². The van der Waals surface area contributed by atoms with Gasteiger partial charge in [0.25, 0.3) is 0 Å². The van der Waals surface area contributed by atoms with E-state index in [1.807, 2.05) is 0 Å². The first-order chi connectivity index (χ1) is 7.86. The molecule has 0 atom stereocenters. The molecule has 0 aliphatic carbocycles. The molecule has 0 amide bonds. The minimum absolute atomic E-state index is 0.523. The van der Waals surface area contributed by atoms with Crippen LogP contribution in [0.1, 0.15) is 23.4 Å². The van der Waals surface area contributed by atoms with Crippen LogP contribution in [-0.2, 0) is 22.6 Å². The predicted octanol–water partition coefficient (Wildman–Crippen LogP) is 1.20. The summed E-state index contributed by atoms with van der Waals surface area (Å²) in [7, 11) is 1.66. The highest BCUT2D eigenvalue weighted by Gasteiger charge is 2.03. The zero-order valence-electron chi connectivity index (χ0n) is 9.86. The summed E-state index contributed by atoms with van der Waals surface area (Å²) >= 11 is 1.59. The van der Waals surface area contributed by atoms with Crippen LogP contribution in [0.5, 0.6) is 0 Å². The van der Waals surface area contributed by atoms with Crippen LogP contribution in [0.2, 0.25) is 0 Å². The van der Waals surface area contributed by atoms with E-state index in [-0.39, 0.29) is 0 Å². The third-order valence-electron chi connectivity index (χ3n) is 1.87. The number of rotatable bonds is 9. The first kappa shape index (κ1) is 13.5. The number of methoxy groups -OCH3 is 1. The number of hydrogen-bond donors (Lipinski definition) is 1. The molecule has 0 unspecified atom stereocenters. The number of aromatic nitrogens is 2. The third-order valence-corrected chi connectivity index (χ3v) is 2.77. The molecule has 0 spiro atoms. The van der Waals surface area contributed by atoms with Crippen LogP contribution in [0.3, 0.4) is 0 Å². The molecule has 6 heteroatoms. The molecule has 1 aromatic heterocycles. The highest BCUT2D eigenvalue weighted by atomic mass is 32.1. The minimum atomic E-state index is 0.523. The van der Waals surface area contributed by atoms with E-state index in [9.17, 15) is 0 Å². The molecule has 0 saturated carbocycles. The largest absolute Gasteiger partial charge is 0.382 e. The van der Waals surface area contributed by atoms with E-state index in [4.69, 9.17) is 9.47 Å². The summed E-state index contributed by atoms with van der Waals surface area (Å²) in [5.41, 5.74) is 0. The van der Waals surface area contributed by atoms with Crippen molar-refractivity contribution in [2.45, 2.75) is 26.5 Å². The molecule has 5 nitrogen and oxygen atoms in total. The SMILES string of the molecule is CCCNCc1nnc(COCCOC)s1. The van der Waals surface area contributed by atoms with E-state index in [1.54, 1.807) is 18.4 Å². The van der Waals surface area contributed by atoms with Gasteiger partial charge >= 0.3 is 0 Å². The van der Waals surface area contributed by atoms with Crippen molar-refractivity contribution in [1.82, 2.24) is 15.5 Å². The van der Waals surface area contributed by atoms with Crippen molar-refractivity contribution < 1.29 is 9.47 Å². The lowest BCUT2D eigenvalue weighted by atomic mass is 10.5. The Kier molecular flexibility index (Phi) is 7.24. The van der Waals surface area contributed by atoms with Crippen LogP contribution >= 0.6 is 11.3 Å². The minimum Gasteiger partial charge on any atom is -0.382 e. The predicted molar refractivity (Wildman–Crippen MR) is 63.4 cm³/mol. The molecule has 0 saturated heterocycles. The Bertz CT molecular complexity index is 281. The standard InChI is InChI=1S/C10H19N3O2S/c1-3-4-11-7-9-12-13-10(16-9)8-15-6-5-14-2/h11H,3-8H2,1-2H3. The third kappa shape index (κ3) is 5.50. The van der Waals surface area contributed by atoms with E-state index in [1.165, 1.54) is 0 Å². The quantitative estimate of drug-likeness (QED) is 0.663. The molecule has 0 aliphatic heterocycles. The Morgan fingerprint density at radius 1 is 1.25 bits per heavy atom. The smallest absolute Gasteiger partial charge is 0.143 e. The molecule has 16 heavy (non-hydrogen) atoms. The number of nitrogens with zero attached hydrogens (tertiary/aromatic N) is 2. The van der Waals surface area contributed by atoms with Crippen molar-refractivity contribution in [2.24, 2.45) is 0 Å². The van der Waals surface area contributed by atoms with Gasteiger partial charge in [-0.15, -0.1) is 10.2 Å². The van der Waals surface area contributed by atoms with Crippen molar-refractivity contribution in [3.63, 3.8) is 0 Å². The van der Waals surface area contributed by atoms with Crippen LogP contribution in [0.15, 0.2) is 0 Å². The van der Waals surface area contributed by atoms with Gasteiger partial charge in [-0.1, -0.05) is 18.3 Å². The Morgan fingerprint density at radius 3 is 2.81 bits per heavy atom. The monoisotopic (exact) mass is 245 g/mol. The first-order valence-corrected chi connectivity index (χ1v) is 6.27. The second-order valence-corrected chi connectivity index (χ2v) is 4.46. The van der Waals surface area contributed by atoms with Gasteiger partial charge in [-0.3, -0.25) is 0 Å². The fourth-order valence-electron chi connectivity index (χ4n) is 1.09. The molecule has 0 aromatic carbocycles. The van der Waals surface area contributed by atoms with E-state index in [0.29, 0.717) is 19.8 Å². The van der Waals surface area contributed by atoms with Crippen LogP contribution in [-0.4, -0.2) is 37.1 Å². The van der Waals surface area contributed by atoms with Gasteiger partial charge in [0.15, 0.2) is 0 Å². The maximum Gasteiger partial charge on any atom is 0.143 e. The molecule has 1 rings (SSSR count). The van der Waals surface area contributed by atoms with Crippen LogP contribution in [0.25, 0.3) is 0 Å². The second-order valence-electron chi connectivity index (χ2n) is 3.31. The summed E-state index contributed by atoms with van der Waals surface area (Å²) in [5, 5.41) is 13.4. The van der Waals surface area contributed by atoms with Gasteiger partial charge in [-0.25, -0.2) is 0 Å². The Hall–Kier alpha value is -0.560. The molecule has 0 radical (unpaired) electrons. The van der Waals surface area contributed by atoms with Gasteiger partial charge in [-0.2, -0.15) is 0 Å². The van der Waals surface area contributed by atoms with E-state index in [2.05, 4.69) is 22.4 Å². The molecule has 1 aromatic rings. The Labute approximate surface area is 100 Å². The average Bonchev–Trinajstić information content (AvgIpc) is 2.73.